The molecular formula is C39H56N4O2. The Morgan fingerprint density at radius 3 is 2.49 bits per heavy atom. The third-order valence-electron chi connectivity index (χ3n) is 16.1. The third-order valence-corrected chi connectivity index (χ3v) is 16.1. The van der Waals surface area contributed by atoms with E-state index in [4.69, 9.17) is 4.98 Å². The maximum Gasteiger partial charge on any atom is 0.229 e. The van der Waals surface area contributed by atoms with Crippen molar-refractivity contribution in [2.75, 3.05) is 6.54 Å². The SMILES string of the molecule is CC1(C)C(O)CCC2(C)C1CCC1(C)C2CCC2[C@H]3CCCC3(C(=O)N3CCCC3c3ncc(-c4ccccn4)[nH]3)CC[C@]21C. The van der Waals surface area contributed by atoms with E-state index >= 15 is 0 Å². The molecule has 0 bridgehead atoms. The van der Waals surface area contributed by atoms with E-state index < -0.39 is 0 Å². The molecule has 6 heteroatoms. The van der Waals surface area contributed by atoms with Crippen LogP contribution in [0.2, 0.25) is 0 Å². The van der Waals surface area contributed by atoms with E-state index in [1.165, 1.54) is 51.4 Å². The Labute approximate surface area is 270 Å². The molecule has 10 atom stereocenters. The van der Waals surface area contributed by atoms with Crippen LogP contribution < -0.4 is 0 Å². The molecule has 45 heavy (non-hydrogen) atoms. The molecule has 2 aromatic rings. The first-order chi connectivity index (χ1) is 21.5. The molecule has 2 N–H and O–H groups in total. The zero-order valence-electron chi connectivity index (χ0n) is 28.4. The first-order valence-corrected chi connectivity index (χ1v) is 18.4. The lowest BCUT2D eigenvalue weighted by Gasteiger charge is -2.72. The number of aliphatic hydroxyl groups is 1. The number of nitrogens with zero attached hydrogens (tertiary/aromatic N) is 3. The predicted molar refractivity (Wildman–Crippen MR) is 177 cm³/mol. The van der Waals surface area contributed by atoms with Gasteiger partial charge in [0.05, 0.1) is 35.1 Å². The van der Waals surface area contributed by atoms with Gasteiger partial charge in [-0.1, -0.05) is 47.1 Å². The number of fused-ring (bicyclic) bond motifs is 7. The Bertz CT molecular complexity index is 1450. The zero-order valence-corrected chi connectivity index (χ0v) is 28.4. The summed E-state index contributed by atoms with van der Waals surface area (Å²) in [7, 11) is 0. The minimum absolute atomic E-state index is 0.00962. The number of carbonyl (C=O) groups excluding carboxylic acids is 1. The fourth-order valence-corrected chi connectivity index (χ4v) is 13.7. The number of aromatic amines is 1. The monoisotopic (exact) mass is 612 g/mol. The van der Waals surface area contributed by atoms with Gasteiger partial charge < -0.3 is 15.0 Å². The highest BCUT2D eigenvalue weighted by Crippen LogP contribution is 2.77. The fourth-order valence-electron chi connectivity index (χ4n) is 13.7. The van der Waals surface area contributed by atoms with E-state index in [9.17, 15) is 9.90 Å². The number of rotatable bonds is 3. The molecule has 1 amide bonds. The standard InChI is InChI=1S/C39H56N4O2/c1-35(2)30-15-19-38(5)31(36(30,3)18-16-32(35)44)14-13-25-26-10-8-17-39(26,21-20-37(25,38)4)34(45)43-23-9-12-29(43)33-41-24-28(42-33)27-11-6-7-22-40-27/h6-7,11,22,24-26,29-32,44H,8-10,12-21,23H2,1-5H3,(H,41,42)/t25?,26-,29?,30?,31?,32?,36?,37-,38?,39?/m1/s1. The number of carbonyl (C=O) groups is 1. The number of amides is 1. The lowest BCUT2D eigenvalue weighted by atomic mass is 9.32. The maximum atomic E-state index is 15.0. The van der Waals surface area contributed by atoms with Gasteiger partial charge in [0.2, 0.25) is 5.91 Å². The molecule has 1 saturated heterocycles. The number of aromatic nitrogens is 3. The quantitative estimate of drug-likeness (QED) is 0.365. The van der Waals surface area contributed by atoms with Gasteiger partial charge in [-0.25, -0.2) is 4.98 Å². The zero-order chi connectivity index (χ0) is 31.4. The van der Waals surface area contributed by atoms with E-state index in [-0.39, 0.29) is 28.4 Å². The van der Waals surface area contributed by atoms with Crippen molar-refractivity contribution in [1.82, 2.24) is 19.9 Å². The molecule has 5 aliphatic carbocycles. The van der Waals surface area contributed by atoms with Crippen molar-refractivity contribution in [1.29, 1.82) is 0 Å². The summed E-state index contributed by atoms with van der Waals surface area (Å²) in [6.45, 7) is 13.5. The van der Waals surface area contributed by atoms with E-state index in [1.807, 2.05) is 30.6 Å². The summed E-state index contributed by atoms with van der Waals surface area (Å²) < 4.78 is 0. The highest BCUT2D eigenvalue weighted by Gasteiger charge is 2.71. The van der Waals surface area contributed by atoms with Crippen LogP contribution in [0.1, 0.15) is 130 Å². The average Bonchev–Trinajstić information content (AvgIpc) is 3.80. The maximum absolute atomic E-state index is 15.0. The number of H-pyrrole nitrogens is 1. The van der Waals surface area contributed by atoms with Crippen molar-refractivity contribution in [3.05, 3.63) is 36.4 Å². The van der Waals surface area contributed by atoms with Gasteiger partial charge in [-0.2, -0.15) is 0 Å². The minimum Gasteiger partial charge on any atom is -0.393 e. The van der Waals surface area contributed by atoms with Crippen molar-refractivity contribution in [2.24, 2.45) is 50.7 Å². The van der Waals surface area contributed by atoms with Gasteiger partial charge in [0.15, 0.2) is 0 Å². The van der Waals surface area contributed by atoms with Crippen molar-refractivity contribution in [2.45, 2.75) is 130 Å². The Kier molecular flexibility index (Phi) is 6.80. The van der Waals surface area contributed by atoms with Crippen LogP contribution in [0.15, 0.2) is 30.6 Å². The summed E-state index contributed by atoms with van der Waals surface area (Å²) in [5.41, 5.74) is 2.47. The van der Waals surface area contributed by atoms with Crippen LogP contribution in [-0.2, 0) is 4.79 Å². The van der Waals surface area contributed by atoms with E-state index in [2.05, 4.69) is 49.5 Å². The molecule has 6 nitrogen and oxygen atoms in total. The van der Waals surface area contributed by atoms with Crippen molar-refractivity contribution in [3.8, 4) is 11.4 Å². The van der Waals surface area contributed by atoms with Crippen LogP contribution in [0, 0.1) is 50.7 Å². The number of imidazole rings is 1. The van der Waals surface area contributed by atoms with E-state index in [0.29, 0.717) is 40.4 Å². The van der Waals surface area contributed by atoms with Crippen LogP contribution in [0.25, 0.3) is 11.4 Å². The number of aliphatic hydroxyl groups excluding tert-OH is 1. The molecule has 1 aliphatic heterocycles. The van der Waals surface area contributed by atoms with E-state index in [0.717, 1.165) is 55.9 Å². The molecule has 0 radical (unpaired) electrons. The molecule has 5 saturated carbocycles. The smallest absolute Gasteiger partial charge is 0.229 e. The van der Waals surface area contributed by atoms with Crippen molar-refractivity contribution >= 4 is 5.91 Å². The second kappa shape index (κ2) is 10.1. The van der Waals surface area contributed by atoms with Crippen LogP contribution >= 0.6 is 0 Å². The molecule has 3 heterocycles. The van der Waals surface area contributed by atoms with Gasteiger partial charge in [-0.05, 0) is 135 Å². The molecule has 0 spiro atoms. The van der Waals surface area contributed by atoms with Gasteiger partial charge in [0.25, 0.3) is 0 Å². The van der Waals surface area contributed by atoms with Gasteiger partial charge >= 0.3 is 0 Å². The van der Waals surface area contributed by atoms with Gasteiger partial charge in [-0.15, -0.1) is 0 Å². The molecule has 2 aromatic heterocycles. The van der Waals surface area contributed by atoms with E-state index in [1.54, 1.807) is 0 Å². The summed E-state index contributed by atoms with van der Waals surface area (Å²) in [4.78, 5) is 30.1. The van der Waals surface area contributed by atoms with Gasteiger partial charge in [0.1, 0.15) is 5.82 Å². The number of nitrogens with one attached hydrogen (secondary N) is 1. The van der Waals surface area contributed by atoms with Crippen LogP contribution in [0.3, 0.4) is 0 Å². The summed E-state index contributed by atoms with van der Waals surface area (Å²) in [6, 6.07) is 5.98. The molecule has 6 aliphatic rings. The third kappa shape index (κ3) is 3.99. The number of likely N-dealkylation sites (tertiary alicyclic amines) is 1. The highest BCUT2D eigenvalue weighted by molar-refractivity contribution is 5.84. The Hall–Kier alpha value is -2.21. The second-order valence-electron chi connectivity index (χ2n) is 17.8. The second-order valence-corrected chi connectivity index (χ2v) is 17.8. The Morgan fingerprint density at radius 1 is 0.844 bits per heavy atom. The lowest BCUT2D eigenvalue weighted by Crippen LogP contribution is -2.67. The first kappa shape index (κ1) is 30.1. The van der Waals surface area contributed by atoms with Crippen molar-refractivity contribution < 1.29 is 9.90 Å². The minimum atomic E-state index is -0.204. The summed E-state index contributed by atoms with van der Waals surface area (Å²) >= 11 is 0. The largest absolute Gasteiger partial charge is 0.393 e. The highest BCUT2D eigenvalue weighted by atomic mass is 16.3. The van der Waals surface area contributed by atoms with Crippen LogP contribution in [0.4, 0.5) is 0 Å². The van der Waals surface area contributed by atoms with Crippen LogP contribution in [-0.4, -0.2) is 43.5 Å². The summed E-state index contributed by atoms with van der Waals surface area (Å²) in [6.07, 6.45) is 18.5. The lowest BCUT2D eigenvalue weighted by molar-refractivity contribution is -0.245. The average molecular weight is 613 g/mol. The number of hydrogen-bond acceptors (Lipinski definition) is 4. The Balaban J connectivity index is 1.07. The molecule has 8 unspecified atom stereocenters. The first-order valence-electron chi connectivity index (χ1n) is 18.4. The summed E-state index contributed by atoms with van der Waals surface area (Å²) in [5.74, 6) is 3.79. The van der Waals surface area contributed by atoms with Gasteiger partial charge in [0, 0.05) is 12.7 Å². The normalized spacial score (nSPS) is 45.3. The molecule has 0 aromatic carbocycles. The Morgan fingerprint density at radius 2 is 1.69 bits per heavy atom. The van der Waals surface area contributed by atoms with Crippen LogP contribution in [0.5, 0.6) is 0 Å². The number of hydrogen-bond donors (Lipinski definition) is 2. The van der Waals surface area contributed by atoms with Crippen molar-refractivity contribution in [3.63, 3.8) is 0 Å². The molecular weight excluding hydrogens is 556 g/mol. The predicted octanol–water partition coefficient (Wildman–Crippen LogP) is 8.35. The number of pyridine rings is 1. The molecule has 6 fully saturated rings. The fraction of sp³-hybridized carbons (Fsp3) is 0.769. The van der Waals surface area contributed by atoms with Gasteiger partial charge in [-0.3, -0.25) is 9.78 Å². The molecule has 244 valence electrons. The summed E-state index contributed by atoms with van der Waals surface area (Å²) in [5, 5.41) is 11.1. The topological polar surface area (TPSA) is 82.1 Å². The molecule has 8 rings (SSSR count).